The van der Waals surface area contributed by atoms with Crippen molar-refractivity contribution in [2.24, 2.45) is 0 Å². The van der Waals surface area contributed by atoms with Gasteiger partial charge < -0.3 is 4.57 Å². The van der Waals surface area contributed by atoms with Gasteiger partial charge in [-0.15, -0.1) is 0 Å². The quantitative estimate of drug-likeness (QED) is 0.113. The highest BCUT2D eigenvalue weighted by Gasteiger charge is 2.19. The average Bonchev–Trinajstić information content (AvgIpc) is 3.44. The molecule has 0 saturated heterocycles. The summed E-state index contributed by atoms with van der Waals surface area (Å²) in [4.78, 5) is 4.78. The van der Waals surface area contributed by atoms with Gasteiger partial charge in [-0.1, -0.05) is 133 Å². The monoisotopic (exact) mass is 510 g/mol. The molecule has 1 heterocycles. The van der Waals surface area contributed by atoms with Crippen LogP contribution in [0, 0.1) is 0 Å². The molecule has 188 valence electrons. The lowest BCUT2D eigenvalue weighted by Gasteiger charge is -2.18. The molecule has 0 atom stereocenters. The summed E-state index contributed by atoms with van der Waals surface area (Å²) in [5.74, 6) is 0.719. The van der Waals surface area contributed by atoms with E-state index in [-0.39, 0.29) is 9.52 Å². The van der Waals surface area contributed by atoms with E-state index < -0.39 is 0 Å². The maximum atomic E-state index is 4.78. The molecule has 0 unspecified atom stereocenters. The van der Waals surface area contributed by atoms with Crippen LogP contribution in [0.15, 0.2) is 146 Å². The third-order valence-corrected chi connectivity index (χ3v) is 8.84. The van der Waals surface area contributed by atoms with Gasteiger partial charge in [0.05, 0.1) is 5.72 Å². The average molecular weight is 511 g/mol. The Balaban J connectivity index is 1.19. The van der Waals surface area contributed by atoms with Gasteiger partial charge in [-0.05, 0) is 40.5 Å². The largest absolute Gasteiger partial charge is 0.347 e. The van der Waals surface area contributed by atoms with Gasteiger partial charge in [0.2, 0.25) is 7.28 Å². The molecule has 1 aromatic heterocycles. The van der Waals surface area contributed by atoms with Crippen LogP contribution in [0.2, 0.25) is 6.04 Å². The molecule has 0 aliphatic rings. The minimum atomic E-state index is -0.273. The summed E-state index contributed by atoms with van der Waals surface area (Å²) in [6.07, 6.45) is 11.1. The Kier molecular flexibility index (Phi) is 9.21. The third-order valence-electron chi connectivity index (χ3n) is 7.30. The van der Waals surface area contributed by atoms with E-state index in [0.29, 0.717) is 11.7 Å². The first kappa shape index (κ1) is 25.7. The minimum absolute atomic E-state index is 0.273. The molecular formula is C34H35BN2Si. The predicted octanol–water partition coefficient (Wildman–Crippen LogP) is 6.06. The second-order valence-corrected chi connectivity index (χ2v) is 11.6. The van der Waals surface area contributed by atoms with E-state index >= 15 is 0 Å². The fraction of sp³-hybridized carbons (Fsp3) is 0.147. The Bertz CT molecular complexity index is 1310. The van der Waals surface area contributed by atoms with Gasteiger partial charge >= 0.3 is 0 Å². The van der Waals surface area contributed by atoms with Crippen LogP contribution in [-0.4, -0.2) is 26.4 Å². The normalized spacial score (nSPS) is 11.7. The second-order valence-electron chi connectivity index (χ2n) is 9.84. The van der Waals surface area contributed by atoms with Crippen molar-refractivity contribution in [1.29, 1.82) is 0 Å². The summed E-state index contributed by atoms with van der Waals surface area (Å²) < 4.78 is 2.40. The molecule has 5 aromatic rings. The van der Waals surface area contributed by atoms with E-state index in [2.05, 4.69) is 144 Å². The lowest BCUT2D eigenvalue weighted by molar-refractivity contribution is 0.828. The van der Waals surface area contributed by atoms with Crippen LogP contribution in [0.5, 0.6) is 0 Å². The molecule has 4 heteroatoms. The van der Waals surface area contributed by atoms with Crippen LogP contribution >= 0.6 is 0 Å². The molecular weight excluding hydrogens is 475 g/mol. The molecule has 5 rings (SSSR count). The summed E-state index contributed by atoms with van der Waals surface area (Å²) >= 11 is 0. The fourth-order valence-electron chi connectivity index (χ4n) is 5.28. The molecule has 4 aromatic carbocycles. The lowest BCUT2D eigenvalue weighted by atomic mass is 9.58. The van der Waals surface area contributed by atoms with E-state index in [0.717, 1.165) is 19.9 Å². The van der Waals surface area contributed by atoms with Gasteiger partial charge in [-0.3, -0.25) is 4.98 Å². The van der Waals surface area contributed by atoms with Gasteiger partial charge in [0.15, 0.2) is 0 Å². The highest BCUT2D eigenvalue weighted by atomic mass is 28.2. The molecule has 38 heavy (non-hydrogen) atoms. The number of nitrogens with zero attached hydrogens (tertiary/aromatic N) is 2. The Labute approximate surface area is 230 Å². The number of aromatic nitrogens is 2. The second kappa shape index (κ2) is 13.6. The smallest absolute Gasteiger partial charge is 0.217 e. The molecule has 0 saturated carbocycles. The number of hydrogen-bond donors (Lipinski definition) is 0. The van der Waals surface area contributed by atoms with Crippen LogP contribution in [0.1, 0.15) is 40.4 Å². The van der Waals surface area contributed by atoms with Crippen molar-refractivity contribution in [3.05, 3.63) is 168 Å². The zero-order valence-corrected chi connectivity index (χ0v) is 23.4. The zero-order valence-electron chi connectivity index (χ0n) is 21.9. The maximum Gasteiger partial charge on any atom is 0.217 e. The molecule has 0 spiro atoms. The van der Waals surface area contributed by atoms with Crippen LogP contribution in [0.4, 0.5) is 0 Å². The molecule has 0 bridgehead atoms. The van der Waals surface area contributed by atoms with Crippen molar-refractivity contribution < 1.29 is 0 Å². The van der Waals surface area contributed by atoms with Gasteiger partial charge in [-0.2, -0.15) is 0 Å². The first-order chi connectivity index (χ1) is 18.9. The van der Waals surface area contributed by atoms with E-state index in [1.807, 2.05) is 6.20 Å². The van der Waals surface area contributed by atoms with Crippen molar-refractivity contribution in [2.75, 3.05) is 0 Å². The number of allylic oxidation sites excluding steroid dienone is 2. The van der Waals surface area contributed by atoms with Crippen LogP contribution in [0.25, 0.3) is 0 Å². The van der Waals surface area contributed by atoms with E-state index in [9.17, 15) is 0 Å². The number of hydrogen-bond acceptors (Lipinski definition) is 1. The van der Waals surface area contributed by atoms with E-state index in [4.69, 9.17) is 4.98 Å². The van der Waals surface area contributed by atoms with Crippen molar-refractivity contribution in [3.8, 4) is 0 Å². The summed E-state index contributed by atoms with van der Waals surface area (Å²) in [5, 5.41) is 0. The van der Waals surface area contributed by atoms with Crippen molar-refractivity contribution in [3.63, 3.8) is 0 Å². The first-order valence-corrected chi connectivity index (χ1v) is 15.7. The molecule has 0 N–H and O–H groups in total. The summed E-state index contributed by atoms with van der Waals surface area (Å²) in [7, 11) is 0.645. The highest BCUT2D eigenvalue weighted by Crippen LogP contribution is 2.28. The number of imidazole rings is 1. The van der Waals surface area contributed by atoms with E-state index in [1.165, 1.54) is 34.0 Å². The first-order valence-electron chi connectivity index (χ1n) is 13.7. The SMILES string of the molecule is B(c1nccn1C[SiH2]CC=CCC(c1ccccc1)c1ccccc1)C(c1ccccc1)c1ccccc1. The van der Waals surface area contributed by atoms with Crippen molar-refractivity contribution in [2.45, 2.75) is 30.4 Å². The topological polar surface area (TPSA) is 17.8 Å². The Hall–Kier alpha value is -3.89. The van der Waals surface area contributed by atoms with Crippen molar-refractivity contribution >= 4 is 22.5 Å². The van der Waals surface area contributed by atoms with Gasteiger partial charge in [0, 0.05) is 34.0 Å². The lowest BCUT2D eigenvalue weighted by Crippen LogP contribution is -2.32. The molecule has 0 amide bonds. The highest BCUT2D eigenvalue weighted by molar-refractivity contribution is 6.54. The van der Waals surface area contributed by atoms with E-state index in [1.54, 1.807) is 0 Å². The summed E-state index contributed by atoms with van der Waals surface area (Å²) in [6.45, 7) is 0. The predicted molar refractivity (Wildman–Crippen MR) is 166 cm³/mol. The zero-order chi connectivity index (χ0) is 25.8. The van der Waals surface area contributed by atoms with Crippen LogP contribution in [0.3, 0.4) is 0 Å². The molecule has 0 fully saturated rings. The number of benzene rings is 4. The molecule has 2 nitrogen and oxygen atoms in total. The standard InChI is InChI=1S/C34H35BN2Si/c1-5-15-28(16-6-1)32(29-17-7-2-8-18-29)23-13-14-26-38-27-37-25-24-36-34(37)35-33(30-19-9-3-10-20-30)31-21-11-4-12-22-31/h1-22,24-25,32-33,35H,23,26-27,38H2. The minimum Gasteiger partial charge on any atom is -0.347 e. The van der Waals surface area contributed by atoms with Gasteiger partial charge in [0.25, 0.3) is 0 Å². The Morgan fingerprint density at radius 3 is 1.68 bits per heavy atom. The van der Waals surface area contributed by atoms with Crippen LogP contribution < -0.4 is 5.72 Å². The fourth-order valence-corrected chi connectivity index (χ4v) is 6.68. The summed E-state index contributed by atoms with van der Waals surface area (Å²) in [6, 6.07) is 44.6. The summed E-state index contributed by atoms with van der Waals surface area (Å²) in [5.41, 5.74) is 6.65. The molecule has 0 aliphatic carbocycles. The molecule has 0 radical (unpaired) electrons. The Morgan fingerprint density at radius 1 is 0.658 bits per heavy atom. The maximum absolute atomic E-state index is 4.78. The molecule has 0 aliphatic heterocycles. The van der Waals surface area contributed by atoms with Gasteiger partial charge in [0.1, 0.15) is 0 Å². The number of rotatable bonds is 12. The third kappa shape index (κ3) is 6.90. The Morgan fingerprint density at radius 2 is 1.16 bits per heavy atom. The van der Waals surface area contributed by atoms with Crippen molar-refractivity contribution in [1.82, 2.24) is 9.55 Å². The van der Waals surface area contributed by atoms with Crippen LogP contribution in [-0.2, 0) is 6.17 Å². The van der Waals surface area contributed by atoms with Gasteiger partial charge in [-0.25, -0.2) is 0 Å².